The number of nitrogens with one attached hydrogen (secondary N) is 3. The summed E-state index contributed by atoms with van der Waals surface area (Å²) >= 11 is 1.30. The molecule has 0 saturated carbocycles. The number of anilines is 2. The molecule has 4 N–H and O–H groups in total. The van der Waals surface area contributed by atoms with E-state index < -0.39 is 12.1 Å². The van der Waals surface area contributed by atoms with Gasteiger partial charge in [0.1, 0.15) is 5.75 Å². The summed E-state index contributed by atoms with van der Waals surface area (Å²) in [6.07, 6.45) is 1.07. The number of benzene rings is 1. The van der Waals surface area contributed by atoms with Crippen molar-refractivity contribution in [2.45, 2.75) is 27.2 Å². The first-order valence-corrected chi connectivity index (χ1v) is 9.38. The summed E-state index contributed by atoms with van der Waals surface area (Å²) in [5.41, 5.74) is 1.63. The molecule has 0 aliphatic carbocycles. The number of hydrogen-bond acceptors (Lipinski definition) is 5. The van der Waals surface area contributed by atoms with Crippen molar-refractivity contribution in [3.05, 3.63) is 34.8 Å². The maximum absolute atomic E-state index is 12.3. The molecule has 3 amide bonds. The number of thiazole rings is 1. The molecule has 0 bridgehead atoms. The summed E-state index contributed by atoms with van der Waals surface area (Å²) in [6, 6.07) is 5.16. The molecule has 0 spiro atoms. The van der Waals surface area contributed by atoms with E-state index in [1.807, 2.05) is 19.1 Å². The molecule has 9 heteroatoms. The molecule has 2 rings (SSSR count). The van der Waals surface area contributed by atoms with Crippen molar-refractivity contribution in [2.75, 3.05) is 23.8 Å². The number of rotatable bonds is 8. The first-order valence-electron chi connectivity index (χ1n) is 8.56. The minimum absolute atomic E-state index is 0.295. The van der Waals surface area contributed by atoms with Gasteiger partial charge in [0.2, 0.25) is 0 Å². The zero-order chi connectivity index (χ0) is 19.8. The molecule has 146 valence electrons. The number of aryl methyl sites for hydroxylation is 1. The Morgan fingerprint density at radius 1 is 1.30 bits per heavy atom. The molecule has 8 nitrogen and oxygen atoms in total. The summed E-state index contributed by atoms with van der Waals surface area (Å²) in [5, 5.41) is 16.8. The van der Waals surface area contributed by atoms with Crippen molar-refractivity contribution >= 4 is 34.3 Å². The molecule has 0 unspecified atom stereocenters. The number of hydrogen-bond donors (Lipinski definition) is 4. The SMILES string of the molecule is Cc1ccc(NC(=O)Nc2ncc(CCNC(=O)O)s2)c(OCC(C)C)c1. The van der Waals surface area contributed by atoms with Crippen LogP contribution in [0.1, 0.15) is 24.3 Å². The Morgan fingerprint density at radius 3 is 2.78 bits per heavy atom. The van der Waals surface area contributed by atoms with E-state index in [-0.39, 0.29) is 0 Å². The van der Waals surface area contributed by atoms with Gasteiger partial charge < -0.3 is 20.5 Å². The normalized spacial score (nSPS) is 10.5. The van der Waals surface area contributed by atoms with Gasteiger partial charge >= 0.3 is 12.1 Å². The van der Waals surface area contributed by atoms with E-state index >= 15 is 0 Å². The Bertz CT molecular complexity index is 791. The summed E-state index contributed by atoms with van der Waals surface area (Å²) in [6.45, 7) is 6.93. The van der Waals surface area contributed by atoms with Crippen molar-refractivity contribution in [3.8, 4) is 5.75 Å². The molecule has 0 radical (unpaired) electrons. The highest BCUT2D eigenvalue weighted by molar-refractivity contribution is 7.15. The Morgan fingerprint density at radius 2 is 2.07 bits per heavy atom. The molecule has 0 fully saturated rings. The molecule has 0 atom stereocenters. The molecule has 1 aromatic carbocycles. The third-order valence-corrected chi connectivity index (χ3v) is 4.35. The number of amides is 3. The molecule has 1 aromatic heterocycles. The fourth-order valence-electron chi connectivity index (χ4n) is 2.13. The van der Waals surface area contributed by atoms with E-state index in [2.05, 4.69) is 34.8 Å². The van der Waals surface area contributed by atoms with Gasteiger partial charge in [0.15, 0.2) is 5.13 Å². The third-order valence-electron chi connectivity index (χ3n) is 3.38. The van der Waals surface area contributed by atoms with Gasteiger partial charge in [-0.05, 0) is 30.5 Å². The molecule has 0 aliphatic heterocycles. The molecule has 27 heavy (non-hydrogen) atoms. The second kappa shape index (κ2) is 9.77. The highest BCUT2D eigenvalue weighted by Crippen LogP contribution is 2.27. The number of aromatic nitrogens is 1. The molecule has 2 aromatic rings. The maximum Gasteiger partial charge on any atom is 0.404 e. The minimum atomic E-state index is -1.06. The summed E-state index contributed by atoms with van der Waals surface area (Å²) < 4.78 is 5.79. The van der Waals surface area contributed by atoms with Gasteiger partial charge in [-0.25, -0.2) is 14.6 Å². The highest BCUT2D eigenvalue weighted by Gasteiger charge is 2.11. The lowest BCUT2D eigenvalue weighted by molar-refractivity contribution is 0.194. The van der Waals surface area contributed by atoms with Crippen molar-refractivity contribution in [2.24, 2.45) is 5.92 Å². The van der Waals surface area contributed by atoms with Crippen LogP contribution in [-0.2, 0) is 6.42 Å². The summed E-state index contributed by atoms with van der Waals surface area (Å²) in [4.78, 5) is 27.7. The van der Waals surface area contributed by atoms with Crippen LogP contribution in [0.2, 0.25) is 0 Å². The van der Waals surface area contributed by atoms with E-state index in [1.54, 1.807) is 12.3 Å². The van der Waals surface area contributed by atoms with Crippen LogP contribution < -0.4 is 20.7 Å². The number of carboxylic acid groups (broad SMARTS) is 1. The van der Waals surface area contributed by atoms with Crippen LogP contribution in [0.3, 0.4) is 0 Å². The van der Waals surface area contributed by atoms with E-state index in [4.69, 9.17) is 9.84 Å². The van der Waals surface area contributed by atoms with Gasteiger partial charge in [-0.15, -0.1) is 11.3 Å². The third kappa shape index (κ3) is 7.14. The largest absolute Gasteiger partial charge is 0.491 e. The monoisotopic (exact) mass is 392 g/mol. The van der Waals surface area contributed by atoms with E-state index in [1.165, 1.54) is 11.3 Å². The predicted molar refractivity (Wildman–Crippen MR) is 106 cm³/mol. The van der Waals surface area contributed by atoms with Crippen molar-refractivity contribution in [3.63, 3.8) is 0 Å². The molecular weight excluding hydrogens is 368 g/mol. The average Bonchev–Trinajstić information content (AvgIpc) is 3.01. The Hall–Kier alpha value is -2.81. The minimum Gasteiger partial charge on any atom is -0.491 e. The van der Waals surface area contributed by atoms with Gasteiger partial charge in [0.25, 0.3) is 0 Å². The molecule has 0 saturated heterocycles. The van der Waals surface area contributed by atoms with Gasteiger partial charge in [-0.2, -0.15) is 0 Å². The van der Waals surface area contributed by atoms with Crippen molar-refractivity contribution in [1.82, 2.24) is 10.3 Å². The number of carbonyl (C=O) groups excluding carboxylic acids is 1. The van der Waals surface area contributed by atoms with E-state index in [0.717, 1.165) is 10.4 Å². The molecule has 0 aliphatic rings. The number of carbonyl (C=O) groups is 2. The van der Waals surface area contributed by atoms with Crippen molar-refractivity contribution < 1.29 is 19.4 Å². The highest BCUT2D eigenvalue weighted by atomic mass is 32.1. The summed E-state index contributed by atoms with van der Waals surface area (Å²) in [5.74, 6) is 0.995. The first-order chi connectivity index (χ1) is 12.8. The van der Waals surface area contributed by atoms with Crippen molar-refractivity contribution in [1.29, 1.82) is 0 Å². The van der Waals surface area contributed by atoms with E-state index in [0.29, 0.717) is 42.1 Å². The van der Waals surface area contributed by atoms with Gasteiger partial charge in [0.05, 0.1) is 12.3 Å². The number of ether oxygens (including phenoxy) is 1. The van der Waals surface area contributed by atoms with Crippen LogP contribution in [0.25, 0.3) is 0 Å². The quantitative estimate of drug-likeness (QED) is 0.543. The zero-order valence-corrected chi connectivity index (χ0v) is 16.4. The maximum atomic E-state index is 12.3. The van der Waals surface area contributed by atoms with Crippen LogP contribution in [-0.4, -0.2) is 35.4 Å². The fraction of sp³-hybridized carbons (Fsp3) is 0.389. The fourth-order valence-corrected chi connectivity index (χ4v) is 2.94. The van der Waals surface area contributed by atoms with Crippen LogP contribution >= 0.6 is 11.3 Å². The lowest BCUT2D eigenvalue weighted by Crippen LogP contribution is -2.22. The average molecular weight is 392 g/mol. The second-order valence-corrected chi connectivity index (χ2v) is 7.51. The van der Waals surface area contributed by atoms with Crippen LogP contribution in [0.5, 0.6) is 5.75 Å². The first kappa shape index (κ1) is 20.5. The molecule has 1 heterocycles. The lowest BCUT2D eigenvalue weighted by atomic mass is 10.2. The Balaban J connectivity index is 1.94. The predicted octanol–water partition coefficient (Wildman–Crippen LogP) is 3.94. The van der Waals surface area contributed by atoms with E-state index in [9.17, 15) is 9.59 Å². The summed E-state index contributed by atoms with van der Waals surface area (Å²) in [7, 11) is 0. The topological polar surface area (TPSA) is 113 Å². The van der Waals surface area contributed by atoms with Crippen LogP contribution in [0, 0.1) is 12.8 Å². The van der Waals surface area contributed by atoms with Crippen LogP contribution in [0.4, 0.5) is 20.4 Å². The zero-order valence-electron chi connectivity index (χ0n) is 15.5. The Labute approximate surface area is 162 Å². The standard InChI is InChI=1S/C18H24N4O4S/c1-11(2)10-26-15-8-12(3)4-5-14(15)21-16(23)22-17-20-9-13(27-17)6-7-19-18(24)25/h4-5,8-9,11,19H,6-7,10H2,1-3H3,(H,24,25)(H2,20,21,22,23). The number of nitrogens with zero attached hydrogens (tertiary/aromatic N) is 1. The second-order valence-electron chi connectivity index (χ2n) is 6.40. The van der Waals surface area contributed by atoms with Gasteiger partial charge in [0, 0.05) is 24.0 Å². The van der Waals surface area contributed by atoms with Gasteiger partial charge in [-0.3, -0.25) is 5.32 Å². The smallest absolute Gasteiger partial charge is 0.404 e. The lowest BCUT2D eigenvalue weighted by Gasteiger charge is -2.14. The van der Waals surface area contributed by atoms with Crippen LogP contribution in [0.15, 0.2) is 24.4 Å². The Kier molecular flexibility index (Phi) is 7.42. The number of urea groups is 1. The van der Waals surface area contributed by atoms with Gasteiger partial charge in [-0.1, -0.05) is 19.9 Å². The molecular formula is C18H24N4O4S.